The summed E-state index contributed by atoms with van der Waals surface area (Å²) in [5, 5.41) is 6.47. The van der Waals surface area contributed by atoms with Gasteiger partial charge in [-0.15, -0.1) is 0 Å². The molecule has 1 aliphatic carbocycles. The third kappa shape index (κ3) is 4.07. The van der Waals surface area contributed by atoms with Gasteiger partial charge in [-0.05, 0) is 36.5 Å². The summed E-state index contributed by atoms with van der Waals surface area (Å²) in [6, 6.07) is 8.59. The molecule has 0 heterocycles. The van der Waals surface area contributed by atoms with Crippen LogP contribution in [0.3, 0.4) is 0 Å². The lowest BCUT2D eigenvalue weighted by Crippen LogP contribution is -2.25. The smallest absolute Gasteiger partial charge is 0.227 e. The molecule has 0 aliphatic heterocycles. The Kier molecular flexibility index (Phi) is 5.18. The van der Waals surface area contributed by atoms with Crippen molar-refractivity contribution in [1.82, 2.24) is 5.32 Å². The average molecular weight is 274 g/mol. The van der Waals surface area contributed by atoms with Gasteiger partial charge in [0.1, 0.15) is 0 Å². The fourth-order valence-electron chi connectivity index (χ4n) is 2.85. The molecule has 2 atom stereocenters. The van der Waals surface area contributed by atoms with Gasteiger partial charge in [-0.1, -0.05) is 39.3 Å². The summed E-state index contributed by atoms with van der Waals surface area (Å²) in [5.41, 5.74) is 2.12. The highest BCUT2D eigenvalue weighted by Crippen LogP contribution is 2.32. The zero-order valence-corrected chi connectivity index (χ0v) is 12.8. The van der Waals surface area contributed by atoms with Crippen molar-refractivity contribution in [3.63, 3.8) is 0 Å². The third-order valence-corrected chi connectivity index (χ3v) is 4.11. The summed E-state index contributed by atoms with van der Waals surface area (Å²) < 4.78 is 0. The van der Waals surface area contributed by atoms with E-state index in [-0.39, 0.29) is 11.8 Å². The van der Waals surface area contributed by atoms with Crippen molar-refractivity contribution in [2.45, 2.75) is 52.6 Å². The second-order valence-corrected chi connectivity index (χ2v) is 6.24. The van der Waals surface area contributed by atoms with Crippen LogP contribution in [0.4, 0.5) is 5.69 Å². The number of carbonyl (C=O) groups is 1. The van der Waals surface area contributed by atoms with Gasteiger partial charge in [0.05, 0.1) is 0 Å². The van der Waals surface area contributed by atoms with E-state index >= 15 is 0 Å². The van der Waals surface area contributed by atoms with Crippen LogP contribution < -0.4 is 10.6 Å². The molecular weight excluding hydrogens is 248 g/mol. The maximum atomic E-state index is 12.3. The molecule has 1 fully saturated rings. The van der Waals surface area contributed by atoms with Gasteiger partial charge < -0.3 is 10.6 Å². The number of carbonyl (C=O) groups excluding carboxylic acids is 1. The molecule has 0 radical (unpaired) electrons. The van der Waals surface area contributed by atoms with Gasteiger partial charge in [-0.3, -0.25) is 4.79 Å². The van der Waals surface area contributed by atoms with Crippen LogP contribution in [0.15, 0.2) is 24.3 Å². The number of anilines is 1. The summed E-state index contributed by atoms with van der Waals surface area (Å²) in [7, 11) is 0. The lowest BCUT2D eigenvalue weighted by Gasteiger charge is -2.16. The van der Waals surface area contributed by atoms with Gasteiger partial charge in [0.25, 0.3) is 0 Å². The molecule has 2 rings (SSSR count). The van der Waals surface area contributed by atoms with Crippen molar-refractivity contribution in [3.8, 4) is 0 Å². The number of hydrogen-bond acceptors (Lipinski definition) is 2. The number of rotatable bonds is 5. The lowest BCUT2D eigenvalue weighted by molar-refractivity contribution is -0.120. The van der Waals surface area contributed by atoms with Crippen LogP contribution in [0.5, 0.6) is 0 Å². The Morgan fingerprint density at radius 1 is 1.35 bits per heavy atom. The first kappa shape index (κ1) is 15.0. The minimum absolute atomic E-state index is 0.184. The van der Waals surface area contributed by atoms with Crippen molar-refractivity contribution in [2.24, 2.45) is 11.8 Å². The van der Waals surface area contributed by atoms with Crippen LogP contribution in [0.25, 0.3) is 0 Å². The predicted molar refractivity (Wildman–Crippen MR) is 83.6 cm³/mol. The SMILES string of the molecule is CC(C)NCc1cccc(NC(=O)C2CCCC2C)c1. The molecule has 3 heteroatoms. The quantitative estimate of drug-likeness (QED) is 0.862. The van der Waals surface area contributed by atoms with Crippen molar-refractivity contribution < 1.29 is 4.79 Å². The van der Waals surface area contributed by atoms with E-state index in [9.17, 15) is 4.79 Å². The minimum atomic E-state index is 0.184. The van der Waals surface area contributed by atoms with E-state index in [1.807, 2.05) is 12.1 Å². The summed E-state index contributed by atoms with van der Waals surface area (Å²) >= 11 is 0. The second-order valence-electron chi connectivity index (χ2n) is 6.24. The molecule has 0 spiro atoms. The molecule has 2 unspecified atom stereocenters. The van der Waals surface area contributed by atoms with Crippen LogP contribution in [-0.2, 0) is 11.3 Å². The highest BCUT2D eigenvalue weighted by atomic mass is 16.1. The molecule has 2 N–H and O–H groups in total. The van der Waals surface area contributed by atoms with E-state index < -0.39 is 0 Å². The van der Waals surface area contributed by atoms with E-state index in [4.69, 9.17) is 0 Å². The highest BCUT2D eigenvalue weighted by molar-refractivity contribution is 5.92. The Morgan fingerprint density at radius 3 is 2.80 bits per heavy atom. The van der Waals surface area contributed by atoms with Gasteiger partial charge in [0.15, 0.2) is 0 Å². The highest BCUT2D eigenvalue weighted by Gasteiger charge is 2.29. The molecule has 1 saturated carbocycles. The van der Waals surface area contributed by atoms with Crippen LogP contribution in [-0.4, -0.2) is 11.9 Å². The van der Waals surface area contributed by atoms with Gasteiger partial charge in [0.2, 0.25) is 5.91 Å². The fraction of sp³-hybridized carbons (Fsp3) is 0.588. The molecule has 20 heavy (non-hydrogen) atoms. The normalized spacial score (nSPS) is 22.2. The standard InChI is InChI=1S/C17H26N2O/c1-12(2)18-11-14-7-5-8-15(10-14)19-17(20)16-9-4-6-13(16)3/h5,7-8,10,12-13,16,18H,4,6,9,11H2,1-3H3,(H,19,20). The maximum Gasteiger partial charge on any atom is 0.227 e. The molecule has 1 aromatic carbocycles. The molecule has 0 aromatic heterocycles. The summed E-state index contributed by atoms with van der Waals surface area (Å²) in [5.74, 6) is 0.886. The Morgan fingerprint density at radius 2 is 2.15 bits per heavy atom. The van der Waals surface area contributed by atoms with Crippen molar-refractivity contribution in [1.29, 1.82) is 0 Å². The summed E-state index contributed by atoms with van der Waals surface area (Å²) in [6.07, 6.45) is 3.38. The van der Waals surface area contributed by atoms with Crippen LogP contribution in [0, 0.1) is 11.8 Å². The van der Waals surface area contributed by atoms with E-state index in [0.717, 1.165) is 18.7 Å². The van der Waals surface area contributed by atoms with Gasteiger partial charge in [-0.25, -0.2) is 0 Å². The molecule has 0 saturated heterocycles. The minimum Gasteiger partial charge on any atom is -0.326 e. The Balaban J connectivity index is 1.95. The molecular formula is C17H26N2O. The van der Waals surface area contributed by atoms with Gasteiger partial charge in [0, 0.05) is 24.2 Å². The Hall–Kier alpha value is -1.35. The number of benzene rings is 1. The van der Waals surface area contributed by atoms with Crippen LogP contribution in [0.2, 0.25) is 0 Å². The monoisotopic (exact) mass is 274 g/mol. The number of nitrogens with one attached hydrogen (secondary N) is 2. The Labute approximate surface area is 122 Å². The topological polar surface area (TPSA) is 41.1 Å². The van der Waals surface area contributed by atoms with Gasteiger partial charge in [-0.2, -0.15) is 0 Å². The van der Waals surface area contributed by atoms with Crippen molar-refractivity contribution in [2.75, 3.05) is 5.32 Å². The van der Waals surface area contributed by atoms with E-state index in [1.54, 1.807) is 0 Å². The summed E-state index contributed by atoms with van der Waals surface area (Å²) in [4.78, 5) is 12.3. The molecule has 1 amide bonds. The summed E-state index contributed by atoms with van der Waals surface area (Å²) in [6.45, 7) is 7.28. The molecule has 3 nitrogen and oxygen atoms in total. The van der Waals surface area contributed by atoms with E-state index in [0.29, 0.717) is 12.0 Å². The van der Waals surface area contributed by atoms with Crippen LogP contribution in [0.1, 0.15) is 45.6 Å². The van der Waals surface area contributed by atoms with Gasteiger partial charge >= 0.3 is 0 Å². The first-order valence-electron chi connectivity index (χ1n) is 7.69. The lowest BCUT2D eigenvalue weighted by atomic mass is 9.97. The maximum absolute atomic E-state index is 12.3. The molecule has 0 bridgehead atoms. The fourth-order valence-corrected chi connectivity index (χ4v) is 2.85. The first-order chi connectivity index (χ1) is 9.56. The number of amides is 1. The molecule has 1 aliphatic rings. The Bertz CT molecular complexity index is 456. The zero-order valence-electron chi connectivity index (χ0n) is 12.8. The second kappa shape index (κ2) is 6.89. The molecule has 110 valence electrons. The third-order valence-electron chi connectivity index (χ3n) is 4.11. The van der Waals surface area contributed by atoms with Crippen LogP contribution >= 0.6 is 0 Å². The number of hydrogen-bond donors (Lipinski definition) is 2. The van der Waals surface area contributed by atoms with E-state index in [2.05, 4.69) is 43.5 Å². The van der Waals surface area contributed by atoms with Crippen molar-refractivity contribution in [3.05, 3.63) is 29.8 Å². The van der Waals surface area contributed by atoms with Crippen molar-refractivity contribution >= 4 is 11.6 Å². The zero-order chi connectivity index (χ0) is 14.5. The molecule has 1 aromatic rings. The van der Waals surface area contributed by atoms with E-state index in [1.165, 1.54) is 18.4 Å². The average Bonchev–Trinajstić information content (AvgIpc) is 2.83. The largest absolute Gasteiger partial charge is 0.326 e. The predicted octanol–water partition coefficient (Wildman–Crippen LogP) is 3.56. The first-order valence-corrected chi connectivity index (χ1v) is 7.69.